The Hall–Kier alpha value is -0.450. The second-order valence-electron chi connectivity index (χ2n) is 16.8. The van der Waals surface area contributed by atoms with Crippen LogP contribution in [0.5, 0.6) is 0 Å². The highest BCUT2D eigenvalue weighted by atomic mass is 16.3. The summed E-state index contributed by atoms with van der Waals surface area (Å²) in [5, 5.41) is 27.2. The van der Waals surface area contributed by atoms with Gasteiger partial charge in [0, 0.05) is 24.3 Å². The van der Waals surface area contributed by atoms with E-state index in [0.29, 0.717) is 29.5 Å². The summed E-state index contributed by atoms with van der Waals surface area (Å²) in [5.74, 6) is 4.87. The van der Waals surface area contributed by atoms with Crippen LogP contribution in [0.15, 0.2) is 0 Å². The molecule has 42 heavy (non-hydrogen) atoms. The van der Waals surface area contributed by atoms with Gasteiger partial charge >= 0.3 is 0 Å². The molecular formula is C38H69NO3. The predicted octanol–water partition coefficient (Wildman–Crippen LogP) is 8.86. The minimum absolute atomic E-state index is 0.0927. The normalized spacial score (nSPS) is 40.4. The third-order valence-electron chi connectivity index (χ3n) is 13.7. The molecule has 4 saturated carbocycles. The van der Waals surface area contributed by atoms with E-state index < -0.39 is 5.60 Å². The lowest BCUT2D eigenvalue weighted by Gasteiger charge is -2.66. The van der Waals surface area contributed by atoms with Gasteiger partial charge in [0.25, 0.3) is 0 Å². The van der Waals surface area contributed by atoms with Crippen molar-refractivity contribution in [1.29, 1.82) is 0 Å². The van der Waals surface area contributed by atoms with Gasteiger partial charge < -0.3 is 20.3 Å². The number of nitrogens with one attached hydrogen (secondary N) is 1. The Balaban J connectivity index is 1.37. The van der Waals surface area contributed by atoms with Gasteiger partial charge in [0.1, 0.15) is 5.78 Å². The molecule has 10 atom stereocenters. The fourth-order valence-electron chi connectivity index (χ4n) is 11.2. The minimum atomic E-state index is -0.807. The zero-order valence-corrected chi connectivity index (χ0v) is 28.6. The van der Waals surface area contributed by atoms with Crippen LogP contribution < -0.4 is 5.32 Å². The summed E-state index contributed by atoms with van der Waals surface area (Å²) in [6.45, 7) is 15.0. The predicted molar refractivity (Wildman–Crippen MR) is 175 cm³/mol. The minimum Gasteiger partial charge on any atom is -0.393 e. The van der Waals surface area contributed by atoms with Crippen molar-refractivity contribution >= 4 is 5.78 Å². The SMILES string of the molecule is CC(=O)CCCCCCCCCN[C@@H]1CC2C3CC[C@H](C(C)CCCC(C)C)[C@@]3(C)CCC2[C@@]2(C)CC[C@H](O)C[C@]12O. The Kier molecular flexibility index (Phi) is 12.1. The molecule has 0 bridgehead atoms. The van der Waals surface area contributed by atoms with Crippen LogP contribution in [-0.4, -0.2) is 40.3 Å². The first kappa shape index (κ1) is 34.4. The molecule has 4 nitrogen and oxygen atoms in total. The van der Waals surface area contributed by atoms with E-state index in [0.717, 1.165) is 68.7 Å². The lowest BCUT2D eigenvalue weighted by molar-refractivity contribution is -0.234. The maximum absolute atomic E-state index is 12.5. The number of aliphatic hydroxyl groups is 2. The van der Waals surface area contributed by atoms with E-state index in [9.17, 15) is 15.0 Å². The van der Waals surface area contributed by atoms with Crippen molar-refractivity contribution < 1.29 is 15.0 Å². The van der Waals surface area contributed by atoms with E-state index in [1.165, 1.54) is 77.0 Å². The van der Waals surface area contributed by atoms with Crippen LogP contribution >= 0.6 is 0 Å². The van der Waals surface area contributed by atoms with Crippen molar-refractivity contribution in [3.8, 4) is 0 Å². The van der Waals surface area contributed by atoms with Gasteiger partial charge in [-0.25, -0.2) is 0 Å². The molecule has 0 spiro atoms. The topological polar surface area (TPSA) is 69.6 Å². The number of unbranched alkanes of at least 4 members (excludes halogenated alkanes) is 6. The van der Waals surface area contributed by atoms with Gasteiger partial charge in [-0.2, -0.15) is 0 Å². The number of hydrogen-bond donors (Lipinski definition) is 3. The molecule has 3 N–H and O–H groups in total. The van der Waals surface area contributed by atoms with E-state index >= 15 is 0 Å². The number of carbonyl (C=O) groups excluding carboxylic acids is 1. The summed E-state index contributed by atoms with van der Waals surface area (Å²) in [7, 11) is 0. The summed E-state index contributed by atoms with van der Waals surface area (Å²) < 4.78 is 0. The van der Waals surface area contributed by atoms with Gasteiger partial charge in [-0.05, 0) is 112 Å². The second kappa shape index (κ2) is 14.8. The molecule has 4 aliphatic carbocycles. The Morgan fingerprint density at radius 3 is 2.24 bits per heavy atom. The van der Waals surface area contributed by atoms with E-state index in [2.05, 4.69) is 39.9 Å². The number of ketones is 1. The molecule has 4 heteroatoms. The second-order valence-corrected chi connectivity index (χ2v) is 16.8. The number of rotatable bonds is 16. The molecule has 0 aromatic carbocycles. The smallest absolute Gasteiger partial charge is 0.129 e. The fraction of sp³-hybridized carbons (Fsp3) is 0.974. The van der Waals surface area contributed by atoms with Gasteiger partial charge in [-0.15, -0.1) is 0 Å². The van der Waals surface area contributed by atoms with E-state index in [-0.39, 0.29) is 17.6 Å². The summed E-state index contributed by atoms with van der Waals surface area (Å²) in [5.41, 5.74) is -0.458. The van der Waals surface area contributed by atoms with Crippen LogP contribution in [0.25, 0.3) is 0 Å². The highest BCUT2D eigenvalue weighted by Gasteiger charge is 2.67. The first-order chi connectivity index (χ1) is 19.9. The summed E-state index contributed by atoms with van der Waals surface area (Å²) >= 11 is 0. The largest absolute Gasteiger partial charge is 0.393 e. The number of carbonyl (C=O) groups is 1. The quantitative estimate of drug-likeness (QED) is 0.158. The molecule has 4 fully saturated rings. The van der Waals surface area contributed by atoms with Gasteiger partial charge in [0.15, 0.2) is 0 Å². The van der Waals surface area contributed by atoms with Crippen molar-refractivity contribution in [2.45, 2.75) is 181 Å². The van der Waals surface area contributed by atoms with Gasteiger partial charge in [-0.1, -0.05) is 86.0 Å². The Bertz CT molecular complexity index is 859. The standard InChI is InChI=1S/C38H69NO3/c1-27(2)15-14-16-28(3)32-18-19-33-31-25-35(39-24-13-11-9-7-8-10-12-17-29(4)40)38(42)26-30(41)20-23-37(38,6)34(31)21-22-36(32,33)5/h27-28,30-35,39,41-42H,7-26H2,1-6H3/t28?,30-,31?,32+,33?,34?,35+,36+,37+,38-/m0/s1. The van der Waals surface area contributed by atoms with E-state index in [4.69, 9.17) is 0 Å². The van der Waals surface area contributed by atoms with Crippen molar-refractivity contribution in [3.63, 3.8) is 0 Å². The zero-order valence-electron chi connectivity index (χ0n) is 28.6. The highest BCUT2D eigenvalue weighted by molar-refractivity contribution is 5.75. The molecule has 0 aromatic rings. The maximum atomic E-state index is 12.5. The summed E-state index contributed by atoms with van der Waals surface area (Å²) in [6.07, 6.45) is 21.7. The van der Waals surface area contributed by atoms with Crippen LogP contribution in [0.2, 0.25) is 0 Å². The molecule has 0 amide bonds. The molecule has 4 unspecified atom stereocenters. The average Bonchev–Trinajstić information content (AvgIpc) is 3.28. The number of fused-ring (bicyclic) bond motifs is 5. The molecule has 0 aliphatic heterocycles. The van der Waals surface area contributed by atoms with Crippen LogP contribution in [0.4, 0.5) is 0 Å². The van der Waals surface area contributed by atoms with Crippen molar-refractivity contribution in [2.24, 2.45) is 46.3 Å². The van der Waals surface area contributed by atoms with Gasteiger partial charge in [-0.3, -0.25) is 0 Å². The van der Waals surface area contributed by atoms with Gasteiger partial charge in [0.05, 0.1) is 11.7 Å². The third kappa shape index (κ3) is 7.33. The average molecular weight is 588 g/mol. The first-order valence-electron chi connectivity index (χ1n) is 18.6. The monoisotopic (exact) mass is 588 g/mol. The molecule has 0 heterocycles. The number of Topliss-reactive ketones (excluding diaryl/α,β-unsaturated/α-hetero) is 1. The molecule has 4 aliphatic rings. The molecule has 0 saturated heterocycles. The number of hydrogen-bond acceptors (Lipinski definition) is 4. The van der Waals surface area contributed by atoms with Crippen molar-refractivity contribution in [1.82, 2.24) is 5.32 Å². The third-order valence-corrected chi connectivity index (χ3v) is 13.7. The first-order valence-corrected chi connectivity index (χ1v) is 18.6. The van der Waals surface area contributed by atoms with Crippen molar-refractivity contribution in [3.05, 3.63) is 0 Å². The van der Waals surface area contributed by atoms with Crippen molar-refractivity contribution in [2.75, 3.05) is 6.54 Å². The lowest BCUT2D eigenvalue weighted by Crippen LogP contribution is -2.71. The summed E-state index contributed by atoms with van der Waals surface area (Å²) in [4.78, 5) is 11.1. The lowest BCUT2D eigenvalue weighted by atomic mass is 9.42. The summed E-state index contributed by atoms with van der Waals surface area (Å²) in [6, 6.07) is 0.0927. The molecule has 0 aromatic heterocycles. The Morgan fingerprint density at radius 1 is 0.857 bits per heavy atom. The highest BCUT2D eigenvalue weighted by Crippen LogP contribution is 2.69. The van der Waals surface area contributed by atoms with Crippen LogP contribution in [-0.2, 0) is 4.79 Å². The maximum Gasteiger partial charge on any atom is 0.129 e. The Morgan fingerprint density at radius 2 is 1.55 bits per heavy atom. The number of aliphatic hydroxyl groups excluding tert-OH is 1. The van der Waals surface area contributed by atoms with Crippen LogP contribution in [0, 0.1) is 46.3 Å². The molecule has 0 radical (unpaired) electrons. The fourth-order valence-corrected chi connectivity index (χ4v) is 11.2. The van der Waals surface area contributed by atoms with E-state index in [1.807, 2.05) is 0 Å². The molecule has 244 valence electrons. The molecular weight excluding hydrogens is 518 g/mol. The Labute approximate surface area is 260 Å². The zero-order chi connectivity index (χ0) is 30.5. The van der Waals surface area contributed by atoms with E-state index in [1.54, 1.807) is 6.92 Å². The van der Waals surface area contributed by atoms with Crippen LogP contribution in [0.3, 0.4) is 0 Å². The molecule has 4 rings (SSSR count). The van der Waals surface area contributed by atoms with Crippen LogP contribution in [0.1, 0.15) is 164 Å². The van der Waals surface area contributed by atoms with Gasteiger partial charge in [0.2, 0.25) is 0 Å².